The van der Waals surface area contributed by atoms with Crippen molar-refractivity contribution in [3.8, 4) is 0 Å². The third-order valence-electron chi connectivity index (χ3n) is 6.90. The second kappa shape index (κ2) is 15.0. The number of ether oxygens (including phenoxy) is 2. The van der Waals surface area contributed by atoms with Crippen LogP contribution in [0.2, 0.25) is 0 Å². The van der Waals surface area contributed by atoms with Crippen LogP contribution in [0.15, 0.2) is 42.5 Å². The van der Waals surface area contributed by atoms with Gasteiger partial charge < -0.3 is 30.3 Å². The van der Waals surface area contributed by atoms with Crippen LogP contribution in [0.1, 0.15) is 52.0 Å². The van der Waals surface area contributed by atoms with Crippen LogP contribution in [0, 0.1) is 11.8 Å². The molecule has 2 unspecified atom stereocenters. The largest absolute Gasteiger partial charge is 0.463 e. The summed E-state index contributed by atoms with van der Waals surface area (Å²) in [5.41, 5.74) is 0.826. The predicted octanol–water partition coefficient (Wildman–Crippen LogP) is 2.06. The number of nitrogens with one attached hydrogen (secondary N) is 3. The number of amides is 4. The van der Waals surface area contributed by atoms with E-state index < -0.39 is 30.2 Å². The van der Waals surface area contributed by atoms with E-state index in [2.05, 4.69) is 16.0 Å². The normalized spacial score (nSPS) is 20.4. The fourth-order valence-corrected chi connectivity index (χ4v) is 4.90. The molecule has 2 aliphatic heterocycles. The zero-order chi connectivity index (χ0) is 29.1. The van der Waals surface area contributed by atoms with Gasteiger partial charge in [0.1, 0.15) is 18.7 Å². The van der Waals surface area contributed by atoms with Gasteiger partial charge in [-0.15, -0.1) is 0 Å². The van der Waals surface area contributed by atoms with Gasteiger partial charge in [-0.1, -0.05) is 50.3 Å². The number of benzene rings is 1. The van der Waals surface area contributed by atoms with E-state index in [1.807, 2.05) is 44.2 Å². The minimum Gasteiger partial charge on any atom is -0.463 e. The molecule has 1 aromatic rings. The third-order valence-corrected chi connectivity index (χ3v) is 6.90. The van der Waals surface area contributed by atoms with Gasteiger partial charge in [0.15, 0.2) is 0 Å². The first-order chi connectivity index (χ1) is 19.2. The number of likely N-dealkylation sites (tertiary alicyclic amines) is 1. The van der Waals surface area contributed by atoms with Gasteiger partial charge in [0.25, 0.3) is 0 Å². The summed E-state index contributed by atoms with van der Waals surface area (Å²) in [7, 11) is 0. The van der Waals surface area contributed by atoms with Crippen LogP contribution < -0.4 is 16.0 Å². The van der Waals surface area contributed by atoms with Gasteiger partial charge in [-0.3, -0.25) is 14.4 Å². The summed E-state index contributed by atoms with van der Waals surface area (Å²) in [6.07, 6.45) is 3.77. The molecule has 3 rings (SSSR count). The van der Waals surface area contributed by atoms with Crippen molar-refractivity contribution in [3.05, 3.63) is 48.0 Å². The SMILES string of the molecule is CCOC(=O)/C=C/[C@H](CC1CCNC1=O)NC(=O)[C@H](CC(C)C)N1CCC(NC(=O)OCc2ccccc2)C1=O. The Morgan fingerprint density at radius 1 is 1.12 bits per heavy atom. The number of rotatable bonds is 13. The van der Waals surface area contributed by atoms with E-state index in [-0.39, 0.29) is 42.8 Å². The minimum atomic E-state index is -0.799. The molecule has 2 aliphatic rings. The lowest BCUT2D eigenvalue weighted by Crippen LogP contribution is -2.52. The van der Waals surface area contributed by atoms with Crippen molar-refractivity contribution in [3.63, 3.8) is 0 Å². The minimum absolute atomic E-state index is 0.0788. The predicted molar refractivity (Wildman–Crippen MR) is 147 cm³/mol. The fourth-order valence-electron chi connectivity index (χ4n) is 4.90. The molecule has 4 amide bonds. The molecule has 2 heterocycles. The van der Waals surface area contributed by atoms with Crippen molar-refractivity contribution < 1.29 is 33.4 Å². The number of nitrogens with zero attached hydrogens (tertiary/aromatic N) is 1. The van der Waals surface area contributed by atoms with E-state index >= 15 is 0 Å². The first-order valence-corrected chi connectivity index (χ1v) is 13.9. The fraction of sp³-hybridized carbons (Fsp3) is 0.552. The van der Waals surface area contributed by atoms with Gasteiger partial charge in [-0.05, 0) is 44.1 Å². The zero-order valence-electron chi connectivity index (χ0n) is 23.4. The molecule has 0 spiro atoms. The smallest absolute Gasteiger partial charge is 0.408 e. The van der Waals surface area contributed by atoms with Gasteiger partial charge >= 0.3 is 12.1 Å². The Morgan fingerprint density at radius 2 is 1.88 bits per heavy atom. The first-order valence-electron chi connectivity index (χ1n) is 13.9. The molecule has 40 heavy (non-hydrogen) atoms. The quantitative estimate of drug-likeness (QED) is 0.249. The molecule has 2 saturated heterocycles. The van der Waals surface area contributed by atoms with Crippen molar-refractivity contribution in [1.29, 1.82) is 0 Å². The molecule has 3 N–H and O–H groups in total. The molecule has 0 aromatic heterocycles. The monoisotopic (exact) mass is 556 g/mol. The second-order valence-electron chi connectivity index (χ2n) is 10.5. The van der Waals surface area contributed by atoms with Crippen LogP contribution in [0.3, 0.4) is 0 Å². The molecule has 2 fully saturated rings. The Hall–Kier alpha value is -3.89. The van der Waals surface area contributed by atoms with Crippen LogP contribution in [0.5, 0.6) is 0 Å². The molecule has 0 aliphatic carbocycles. The van der Waals surface area contributed by atoms with Crippen LogP contribution in [0.4, 0.5) is 4.79 Å². The summed E-state index contributed by atoms with van der Waals surface area (Å²) < 4.78 is 10.2. The molecule has 0 radical (unpaired) electrons. The average Bonchev–Trinajstić information content (AvgIpc) is 3.49. The van der Waals surface area contributed by atoms with Crippen molar-refractivity contribution in [2.75, 3.05) is 19.7 Å². The van der Waals surface area contributed by atoms with Crippen molar-refractivity contribution in [2.24, 2.45) is 11.8 Å². The maximum absolute atomic E-state index is 13.6. The Bertz CT molecular complexity index is 1080. The van der Waals surface area contributed by atoms with Crippen LogP contribution in [0.25, 0.3) is 0 Å². The van der Waals surface area contributed by atoms with Crippen molar-refractivity contribution in [2.45, 2.75) is 71.2 Å². The maximum Gasteiger partial charge on any atom is 0.408 e. The standard InChI is InChI=1S/C29H40N4O7/c1-4-39-25(34)11-10-22(17-21-12-14-30-26(21)35)31-27(36)24(16-19(2)3)33-15-13-23(28(33)37)32-29(38)40-18-20-8-6-5-7-9-20/h5-11,19,21-24H,4,12-18H2,1-3H3,(H,30,35)(H,31,36)(H,32,38)/b11-10+/t21?,22-,23?,24+/m1/s1. The topological polar surface area (TPSA) is 143 Å². The van der Waals surface area contributed by atoms with E-state index in [0.29, 0.717) is 38.8 Å². The summed E-state index contributed by atoms with van der Waals surface area (Å²) in [4.78, 5) is 64.8. The van der Waals surface area contributed by atoms with E-state index in [4.69, 9.17) is 9.47 Å². The van der Waals surface area contributed by atoms with Gasteiger partial charge in [0.05, 0.1) is 6.61 Å². The lowest BCUT2D eigenvalue weighted by atomic mass is 9.96. The molecule has 11 heteroatoms. The van der Waals surface area contributed by atoms with Gasteiger partial charge in [0.2, 0.25) is 17.7 Å². The third kappa shape index (κ3) is 9.10. The molecular weight excluding hydrogens is 516 g/mol. The van der Waals surface area contributed by atoms with Gasteiger partial charge in [-0.25, -0.2) is 9.59 Å². The first kappa shape index (κ1) is 30.6. The molecule has 1 aromatic carbocycles. The number of hydrogen-bond donors (Lipinski definition) is 3. The summed E-state index contributed by atoms with van der Waals surface area (Å²) in [5, 5.41) is 8.35. The number of carbonyl (C=O) groups is 5. The zero-order valence-corrected chi connectivity index (χ0v) is 23.4. The van der Waals surface area contributed by atoms with Gasteiger partial charge in [-0.2, -0.15) is 0 Å². The highest BCUT2D eigenvalue weighted by molar-refractivity contribution is 5.93. The van der Waals surface area contributed by atoms with E-state index in [1.165, 1.54) is 17.1 Å². The molecule has 11 nitrogen and oxygen atoms in total. The summed E-state index contributed by atoms with van der Waals surface area (Å²) in [6.45, 7) is 6.76. The molecular formula is C29H40N4O7. The molecule has 218 valence electrons. The molecule has 4 atom stereocenters. The highest BCUT2D eigenvalue weighted by Crippen LogP contribution is 2.22. The van der Waals surface area contributed by atoms with Crippen LogP contribution >= 0.6 is 0 Å². The number of hydrogen-bond acceptors (Lipinski definition) is 7. The number of carbonyl (C=O) groups excluding carboxylic acids is 5. The van der Waals surface area contributed by atoms with E-state index in [0.717, 1.165) is 5.56 Å². The Morgan fingerprint density at radius 3 is 2.52 bits per heavy atom. The average molecular weight is 557 g/mol. The highest BCUT2D eigenvalue weighted by atomic mass is 16.5. The van der Waals surface area contributed by atoms with Crippen molar-refractivity contribution >= 4 is 29.8 Å². The van der Waals surface area contributed by atoms with E-state index in [1.54, 1.807) is 6.92 Å². The van der Waals surface area contributed by atoms with E-state index in [9.17, 15) is 24.0 Å². The lowest BCUT2D eigenvalue weighted by Gasteiger charge is -2.30. The van der Waals surface area contributed by atoms with Crippen LogP contribution in [-0.4, -0.2) is 72.5 Å². The van der Waals surface area contributed by atoms with Crippen molar-refractivity contribution in [1.82, 2.24) is 20.9 Å². The van der Waals surface area contributed by atoms with Gasteiger partial charge in [0, 0.05) is 31.1 Å². The summed E-state index contributed by atoms with van der Waals surface area (Å²) >= 11 is 0. The molecule has 0 saturated carbocycles. The Kier molecular flexibility index (Phi) is 11.5. The summed E-state index contributed by atoms with van der Waals surface area (Å²) in [6, 6.07) is 7.02. The Balaban J connectivity index is 1.65. The lowest BCUT2D eigenvalue weighted by molar-refractivity contribution is -0.139. The Labute approximate surface area is 235 Å². The summed E-state index contributed by atoms with van der Waals surface area (Å²) in [5.74, 6) is -1.58. The number of esters is 1. The maximum atomic E-state index is 13.6. The second-order valence-corrected chi connectivity index (χ2v) is 10.5. The number of alkyl carbamates (subject to hydrolysis) is 1. The highest BCUT2D eigenvalue weighted by Gasteiger charge is 2.40. The molecule has 0 bridgehead atoms. The van der Waals surface area contributed by atoms with Crippen LogP contribution in [-0.2, 0) is 35.3 Å².